The van der Waals surface area contributed by atoms with Gasteiger partial charge in [0.2, 0.25) is 10.0 Å². The number of hydrogen-bond acceptors (Lipinski definition) is 4. The van der Waals surface area contributed by atoms with E-state index >= 15 is 0 Å². The highest BCUT2D eigenvalue weighted by atomic mass is 32.2. The Kier molecular flexibility index (Phi) is 7.76. The average Bonchev–Trinajstić information content (AvgIpc) is 2.79. The second-order valence-electron chi connectivity index (χ2n) is 8.09. The van der Waals surface area contributed by atoms with E-state index in [1.54, 1.807) is 31.4 Å². The van der Waals surface area contributed by atoms with Crippen LogP contribution < -0.4 is 14.4 Å². The number of sulfonamides is 1. The number of methoxy groups -OCH3 is 1. The molecule has 0 saturated heterocycles. The first-order valence-electron chi connectivity index (χ1n) is 10.7. The van der Waals surface area contributed by atoms with Crippen molar-refractivity contribution in [3.63, 3.8) is 0 Å². The number of carbonyl (C=O) groups is 1. The molecule has 0 aliphatic carbocycles. The number of rotatable bonds is 9. The molecule has 6 nitrogen and oxygen atoms in total. The Morgan fingerprint density at radius 2 is 1.55 bits per heavy atom. The number of amides is 1. The lowest BCUT2D eigenvalue weighted by atomic mass is 10.1. The highest BCUT2D eigenvalue weighted by molar-refractivity contribution is 7.92. The lowest BCUT2D eigenvalue weighted by Gasteiger charge is -2.23. The molecular formula is C26H30N2O4S. The van der Waals surface area contributed by atoms with Crippen molar-refractivity contribution in [2.75, 3.05) is 24.2 Å². The van der Waals surface area contributed by atoms with E-state index in [0.29, 0.717) is 24.2 Å². The van der Waals surface area contributed by atoms with Crippen molar-refractivity contribution >= 4 is 21.6 Å². The van der Waals surface area contributed by atoms with Gasteiger partial charge in [0.1, 0.15) is 5.75 Å². The zero-order chi connectivity index (χ0) is 24.0. The highest BCUT2D eigenvalue weighted by Gasteiger charge is 2.18. The van der Waals surface area contributed by atoms with Crippen LogP contribution in [0.4, 0.5) is 5.69 Å². The molecule has 0 unspecified atom stereocenters. The average molecular weight is 467 g/mol. The van der Waals surface area contributed by atoms with Crippen LogP contribution in [0.3, 0.4) is 0 Å². The second kappa shape index (κ2) is 10.5. The lowest BCUT2D eigenvalue weighted by Crippen LogP contribution is -2.29. The van der Waals surface area contributed by atoms with Crippen LogP contribution >= 0.6 is 0 Å². The van der Waals surface area contributed by atoms with Gasteiger partial charge in [-0.1, -0.05) is 30.3 Å². The van der Waals surface area contributed by atoms with Crippen molar-refractivity contribution in [3.05, 3.63) is 94.5 Å². The molecule has 7 heteroatoms. The molecule has 0 saturated carbocycles. The Hall–Kier alpha value is -3.32. The van der Waals surface area contributed by atoms with Crippen LogP contribution in [0.5, 0.6) is 5.75 Å². The number of aryl methyl sites for hydroxylation is 2. The Labute approximate surface area is 196 Å². The molecule has 3 rings (SSSR count). The number of carbonyl (C=O) groups excluding carboxylic acids is 1. The Morgan fingerprint density at radius 1 is 0.909 bits per heavy atom. The minimum Gasteiger partial charge on any atom is -0.497 e. The van der Waals surface area contributed by atoms with Gasteiger partial charge in [-0.15, -0.1) is 0 Å². The van der Waals surface area contributed by atoms with E-state index in [-0.39, 0.29) is 12.5 Å². The quantitative estimate of drug-likeness (QED) is 0.512. The summed E-state index contributed by atoms with van der Waals surface area (Å²) in [5.74, 6) is 0.638. The van der Waals surface area contributed by atoms with Crippen molar-refractivity contribution < 1.29 is 17.9 Å². The van der Waals surface area contributed by atoms with E-state index in [4.69, 9.17) is 4.74 Å². The first kappa shape index (κ1) is 24.3. The Balaban J connectivity index is 1.62. The maximum absolute atomic E-state index is 12.5. The van der Waals surface area contributed by atoms with Gasteiger partial charge in [0.25, 0.3) is 5.91 Å². The van der Waals surface area contributed by atoms with Crippen LogP contribution in [0.25, 0.3) is 0 Å². The minimum absolute atomic E-state index is 0.163. The maximum Gasteiger partial charge on any atom is 0.251 e. The normalized spacial score (nSPS) is 11.2. The topological polar surface area (TPSA) is 75.7 Å². The summed E-state index contributed by atoms with van der Waals surface area (Å²) in [6.45, 7) is 4.66. The fourth-order valence-electron chi connectivity index (χ4n) is 3.42. The van der Waals surface area contributed by atoms with Crippen molar-refractivity contribution in [2.24, 2.45) is 0 Å². The Bertz CT molecular complexity index is 1200. The van der Waals surface area contributed by atoms with Gasteiger partial charge in [-0.3, -0.25) is 9.10 Å². The van der Waals surface area contributed by atoms with Gasteiger partial charge in [-0.25, -0.2) is 8.42 Å². The first-order chi connectivity index (χ1) is 15.7. The summed E-state index contributed by atoms with van der Waals surface area (Å²) in [6, 6.07) is 20.4. The number of ether oxygens (including phenoxy) is 1. The molecule has 0 heterocycles. The number of benzene rings is 3. The second-order valence-corrected chi connectivity index (χ2v) is 10.00. The number of nitrogens with one attached hydrogen (secondary N) is 1. The monoisotopic (exact) mass is 466 g/mol. The molecule has 0 aliphatic heterocycles. The predicted molar refractivity (Wildman–Crippen MR) is 132 cm³/mol. The van der Waals surface area contributed by atoms with Crippen molar-refractivity contribution in [3.8, 4) is 5.75 Å². The molecule has 1 amide bonds. The van der Waals surface area contributed by atoms with Gasteiger partial charge in [-0.05, 0) is 78.9 Å². The van der Waals surface area contributed by atoms with Gasteiger partial charge >= 0.3 is 0 Å². The molecule has 0 radical (unpaired) electrons. The maximum atomic E-state index is 12.5. The largest absolute Gasteiger partial charge is 0.497 e. The minimum atomic E-state index is -3.47. The van der Waals surface area contributed by atoms with Crippen LogP contribution in [-0.2, 0) is 23.0 Å². The lowest BCUT2D eigenvalue weighted by molar-refractivity contribution is 0.0954. The third kappa shape index (κ3) is 6.58. The van der Waals surface area contributed by atoms with Crippen molar-refractivity contribution in [1.29, 1.82) is 0 Å². The summed E-state index contributed by atoms with van der Waals surface area (Å²) < 4.78 is 31.4. The number of hydrogen-bond donors (Lipinski definition) is 1. The van der Waals surface area contributed by atoms with Gasteiger partial charge in [-0.2, -0.15) is 0 Å². The molecule has 33 heavy (non-hydrogen) atoms. The molecule has 174 valence electrons. The van der Waals surface area contributed by atoms with Crippen LogP contribution in [-0.4, -0.2) is 34.2 Å². The molecule has 0 bridgehead atoms. The fourth-order valence-corrected chi connectivity index (χ4v) is 4.30. The standard InChI is InChI=1S/C26H30N2O4S/c1-19-5-12-24(17-20(19)2)28(33(4,30)31)18-22-6-10-23(11-7-22)26(29)27-16-15-21-8-13-25(32-3)14-9-21/h5-14,17H,15-16,18H2,1-4H3,(H,27,29). The van der Waals surface area contributed by atoms with Crippen LogP contribution in [0, 0.1) is 13.8 Å². The molecule has 0 spiro atoms. The zero-order valence-corrected chi connectivity index (χ0v) is 20.3. The van der Waals surface area contributed by atoms with Gasteiger partial charge in [0.15, 0.2) is 0 Å². The molecular weight excluding hydrogens is 436 g/mol. The van der Waals surface area contributed by atoms with E-state index in [1.165, 1.54) is 10.6 Å². The summed E-state index contributed by atoms with van der Waals surface area (Å²) in [6.07, 6.45) is 1.92. The number of nitrogens with zero attached hydrogens (tertiary/aromatic N) is 1. The highest BCUT2D eigenvalue weighted by Crippen LogP contribution is 2.23. The van der Waals surface area contributed by atoms with Crippen LogP contribution in [0.15, 0.2) is 66.7 Å². The predicted octanol–water partition coefficient (Wildman–Crippen LogP) is 4.25. The first-order valence-corrected chi connectivity index (χ1v) is 12.6. The summed E-state index contributed by atoms with van der Waals surface area (Å²) in [7, 11) is -1.84. The SMILES string of the molecule is COc1ccc(CCNC(=O)c2ccc(CN(c3ccc(C)c(C)c3)S(C)(=O)=O)cc2)cc1. The molecule has 3 aromatic carbocycles. The molecule has 0 atom stereocenters. The van der Waals surface area contributed by atoms with Crippen molar-refractivity contribution in [1.82, 2.24) is 5.32 Å². The molecule has 0 aliphatic rings. The fraction of sp³-hybridized carbons (Fsp3) is 0.269. The Morgan fingerprint density at radius 3 is 2.12 bits per heavy atom. The van der Waals surface area contributed by atoms with E-state index in [0.717, 1.165) is 28.0 Å². The smallest absolute Gasteiger partial charge is 0.251 e. The molecule has 3 aromatic rings. The van der Waals surface area contributed by atoms with Crippen LogP contribution in [0.2, 0.25) is 0 Å². The van der Waals surface area contributed by atoms with Crippen molar-refractivity contribution in [2.45, 2.75) is 26.8 Å². The molecule has 0 aromatic heterocycles. The summed E-state index contributed by atoms with van der Waals surface area (Å²) in [4.78, 5) is 12.5. The third-order valence-corrected chi connectivity index (χ3v) is 6.72. The van der Waals surface area contributed by atoms with Gasteiger partial charge in [0, 0.05) is 12.1 Å². The van der Waals surface area contributed by atoms with E-state index < -0.39 is 10.0 Å². The zero-order valence-electron chi connectivity index (χ0n) is 19.5. The van der Waals surface area contributed by atoms with E-state index in [2.05, 4.69) is 5.32 Å². The third-order valence-electron chi connectivity index (χ3n) is 5.58. The molecule has 0 fully saturated rings. The van der Waals surface area contributed by atoms with Gasteiger partial charge in [0.05, 0.1) is 25.6 Å². The molecule has 1 N–H and O–H groups in total. The summed E-state index contributed by atoms with van der Waals surface area (Å²) in [5, 5.41) is 2.92. The van der Waals surface area contributed by atoms with Crippen LogP contribution in [0.1, 0.15) is 32.6 Å². The van der Waals surface area contributed by atoms with Gasteiger partial charge < -0.3 is 10.1 Å². The summed E-state index contributed by atoms with van der Waals surface area (Å²) in [5.41, 5.74) is 5.20. The summed E-state index contributed by atoms with van der Waals surface area (Å²) >= 11 is 0. The number of anilines is 1. The van der Waals surface area contributed by atoms with E-state index in [9.17, 15) is 13.2 Å². The van der Waals surface area contributed by atoms with E-state index in [1.807, 2.05) is 56.3 Å².